The molecular weight excluding hydrogens is 373 g/mol. The van der Waals surface area contributed by atoms with Crippen molar-refractivity contribution in [2.75, 3.05) is 20.1 Å². The number of hydrogen-bond acceptors (Lipinski definition) is 5. The molecule has 0 aromatic heterocycles. The van der Waals surface area contributed by atoms with Crippen molar-refractivity contribution >= 4 is 17.3 Å². The maximum Gasteiger partial charge on any atom is 0.250 e. The Labute approximate surface area is 171 Å². The third kappa shape index (κ3) is 4.91. The van der Waals surface area contributed by atoms with E-state index in [0.717, 1.165) is 11.1 Å². The SMILES string of the molecule is CC(C)c1cccc(C2=CCNC(C(=O)[C@H]3NC[C@H](F)C[C@@H]3C(=O)N(C)O)C2)c1. The van der Waals surface area contributed by atoms with Gasteiger partial charge in [0.1, 0.15) is 6.17 Å². The molecule has 0 bridgehead atoms. The molecule has 0 spiro atoms. The van der Waals surface area contributed by atoms with E-state index in [0.29, 0.717) is 23.9 Å². The molecule has 0 saturated carbocycles. The summed E-state index contributed by atoms with van der Waals surface area (Å²) in [6.45, 7) is 4.87. The molecule has 7 heteroatoms. The summed E-state index contributed by atoms with van der Waals surface area (Å²) in [4.78, 5) is 25.5. The van der Waals surface area contributed by atoms with Crippen LogP contribution >= 0.6 is 0 Å². The Bertz CT molecular complexity index is 793. The molecule has 1 aromatic carbocycles. The number of ketones is 1. The van der Waals surface area contributed by atoms with E-state index >= 15 is 0 Å². The van der Waals surface area contributed by atoms with Crippen LogP contribution in [0.15, 0.2) is 30.3 Å². The number of halogens is 1. The lowest BCUT2D eigenvalue weighted by Crippen LogP contribution is -2.59. The van der Waals surface area contributed by atoms with E-state index in [1.54, 1.807) is 0 Å². The summed E-state index contributed by atoms with van der Waals surface area (Å²) >= 11 is 0. The molecule has 1 amide bonds. The van der Waals surface area contributed by atoms with E-state index in [4.69, 9.17) is 0 Å². The van der Waals surface area contributed by atoms with E-state index in [-0.39, 0.29) is 18.7 Å². The summed E-state index contributed by atoms with van der Waals surface area (Å²) in [7, 11) is 1.20. The molecule has 1 fully saturated rings. The van der Waals surface area contributed by atoms with Gasteiger partial charge in [0.05, 0.1) is 18.0 Å². The molecule has 158 valence electrons. The minimum absolute atomic E-state index is 0.0289. The van der Waals surface area contributed by atoms with Crippen LogP contribution < -0.4 is 10.6 Å². The van der Waals surface area contributed by atoms with Gasteiger partial charge in [-0.05, 0) is 35.5 Å². The molecule has 1 aromatic rings. The lowest BCUT2D eigenvalue weighted by Gasteiger charge is -2.36. The molecule has 1 saturated heterocycles. The van der Waals surface area contributed by atoms with Crippen LogP contribution in [-0.2, 0) is 9.59 Å². The Morgan fingerprint density at radius 3 is 2.72 bits per heavy atom. The van der Waals surface area contributed by atoms with Gasteiger partial charge in [-0.2, -0.15) is 0 Å². The molecule has 0 aliphatic carbocycles. The number of hydrogen-bond donors (Lipinski definition) is 3. The van der Waals surface area contributed by atoms with Gasteiger partial charge < -0.3 is 10.6 Å². The molecule has 2 aliphatic rings. The molecule has 4 atom stereocenters. The first-order chi connectivity index (χ1) is 13.8. The molecule has 2 aliphatic heterocycles. The minimum atomic E-state index is -1.22. The zero-order valence-corrected chi connectivity index (χ0v) is 17.2. The monoisotopic (exact) mass is 403 g/mol. The fourth-order valence-electron chi connectivity index (χ4n) is 4.13. The Morgan fingerprint density at radius 1 is 1.28 bits per heavy atom. The van der Waals surface area contributed by atoms with Gasteiger partial charge in [-0.1, -0.05) is 44.2 Å². The topological polar surface area (TPSA) is 81.7 Å². The second kappa shape index (κ2) is 9.15. The maximum atomic E-state index is 13.9. The Balaban J connectivity index is 1.76. The number of carbonyl (C=O) groups is 2. The number of Topliss-reactive ketones (excluding diaryl/α,β-unsaturated/α-hetero) is 1. The van der Waals surface area contributed by atoms with Gasteiger partial charge in [0.2, 0.25) is 0 Å². The Kier molecular flexibility index (Phi) is 6.82. The molecule has 0 radical (unpaired) electrons. The molecule has 3 rings (SSSR count). The number of benzene rings is 1. The number of piperidine rings is 1. The number of carbonyl (C=O) groups excluding carboxylic acids is 2. The number of hydroxylamine groups is 2. The van der Waals surface area contributed by atoms with Crippen molar-refractivity contribution in [3.8, 4) is 0 Å². The average Bonchev–Trinajstić information content (AvgIpc) is 2.72. The minimum Gasteiger partial charge on any atom is -0.304 e. The molecule has 29 heavy (non-hydrogen) atoms. The number of amides is 1. The van der Waals surface area contributed by atoms with Crippen LogP contribution in [-0.4, -0.2) is 60.4 Å². The van der Waals surface area contributed by atoms with E-state index in [1.165, 1.54) is 12.6 Å². The highest BCUT2D eigenvalue weighted by molar-refractivity contribution is 5.96. The van der Waals surface area contributed by atoms with Crippen LogP contribution in [0.2, 0.25) is 0 Å². The number of alkyl halides is 1. The van der Waals surface area contributed by atoms with Gasteiger partial charge >= 0.3 is 0 Å². The number of rotatable bonds is 5. The fourth-order valence-corrected chi connectivity index (χ4v) is 4.13. The molecule has 3 N–H and O–H groups in total. The van der Waals surface area contributed by atoms with Crippen molar-refractivity contribution < 1.29 is 19.2 Å². The number of nitrogens with one attached hydrogen (secondary N) is 2. The second-order valence-corrected chi connectivity index (χ2v) is 8.26. The van der Waals surface area contributed by atoms with Gasteiger partial charge in [-0.25, -0.2) is 9.45 Å². The smallest absolute Gasteiger partial charge is 0.250 e. The summed E-state index contributed by atoms with van der Waals surface area (Å²) in [6, 6.07) is 7.04. The van der Waals surface area contributed by atoms with E-state index in [9.17, 15) is 19.2 Å². The second-order valence-electron chi connectivity index (χ2n) is 8.26. The lowest BCUT2D eigenvalue weighted by atomic mass is 9.82. The molecular formula is C22H30FN3O3. The quantitative estimate of drug-likeness (QED) is 0.519. The highest BCUT2D eigenvalue weighted by atomic mass is 19.1. The summed E-state index contributed by atoms with van der Waals surface area (Å²) in [5.41, 5.74) is 3.42. The highest BCUT2D eigenvalue weighted by Gasteiger charge is 2.42. The van der Waals surface area contributed by atoms with Crippen LogP contribution in [0.25, 0.3) is 5.57 Å². The summed E-state index contributed by atoms with van der Waals surface area (Å²) in [5, 5.41) is 16.1. The number of nitrogens with zero attached hydrogens (tertiary/aromatic N) is 1. The fraction of sp³-hybridized carbons (Fsp3) is 0.545. The maximum absolute atomic E-state index is 13.9. The van der Waals surface area contributed by atoms with Gasteiger partial charge in [0, 0.05) is 20.1 Å². The van der Waals surface area contributed by atoms with Crippen molar-refractivity contribution in [1.82, 2.24) is 15.7 Å². The van der Waals surface area contributed by atoms with Gasteiger partial charge in [-0.15, -0.1) is 0 Å². The first-order valence-corrected chi connectivity index (χ1v) is 10.2. The molecule has 6 nitrogen and oxygen atoms in total. The van der Waals surface area contributed by atoms with Crippen molar-refractivity contribution in [3.63, 3.8) is 0 Å². The van der Waals surface area contributed by atoms with Crippen molar-refractivity contribution in [3.05, 3.63) is 41.5 Å². The predicted molar refractivity (Wildman–Crippen MR) is 109 cm³/mol. The Morgan fingerprint density at radius 2 is 2.03 bits per heavy atom. The highest BCUT2D eigenvalue weighted by Crippen LogP contribution is 2.28. The van der Waals surface area contributed by atoms with Crippen molar-refractivity contribution in [2.45, 2.75) is 50.9 Å². The largest absolute Gasteiger partial charge is 0.304 e. The average molecular weight is 403 g/mol. The van der Waals surface area contributed by atoms with E-state index in [1.807, 2.05) is 12.1 Å². The summed E-state index contributed by atoms with van der Waals surface area (Å²) < 4.78 is 13.9. The van der Waals surface area contributed by atoms with E-state index < -0.39 is 30.1 Å². The third-order valence-corrected chi connectivity index (χ3v) is 5.82. The summed E-state index contributed by atoms with van der Waals surface area (Å²) in [6.07, 6.45) is 1.30. The molecule has 1 unspecified atom stereocenters. The van der Waals surface area contributed by atoms with Crippen LogP contribution in [0, 0.1) is 5.92 Å². The first-order valence-electron chi connectivity index (χ1n) is 10.2. The summed E-state index contributed by atoms with van der Waals surface area (Å²) in [5.74, 6) is -1.31. The standard InChI is InChI=1S/C22H30FN3O3/c1-13(2)14-5-4-6-15(9-14)16-7-8-24-19(10-16)21(27)20-18(22(28)26(3)29)11-17(23)12-25-20/h4-7,9,13,17-20,24-25,29H,8,10-12H2,1-3H3/t17-,18+,19?,20+/m1/s1. The van der Waals surface area contributed by atoms with Crippen LogP contribution in [0.5, 0.6) is 0 Å². The molecule has 2 heterocycles. The zero-order chi connectivity index (χ0) is 21.1. The zero-order valence-electron chi connectivity index (χ0n) is 17.2. The van der Waals surface area contributed by atoms with Crippen molar-refractivity contribution in [1.29, 1.82) is 0 Å². The van der Waals surface area contributed by atoms with Crippen molar-refractivity contribution in [2.24, 2.45) is 5.92 Å². The van der Waals surface area contributed by atoms with Crippen LogP contribution in [0.1, 0.15) is 43.7 Å². The van der Waals surface area contributed by atoms with Gasteiger partial charge in [0.25, 0.3) is 5.91 Å². The Hall–Kier alpha value is -2.09. The normalized spacial score (nSPS) is 27.4. The van der Waals surface area contributed by atoms with Crippen LogP contribution in [0.3, 0.4) is 0 Å². The predicted octanol–water partition coefficient (Wildman–Crippen LogP) is 2.29. The van der Waals surface area contributed by atoms with Gasteiger partial charge in [0.15, 0.2) is 5.78 Å². The van der Waals surface area contributed by atoms with E-state index in [2.05, 4.69) is 42.7 Å². The van der Waals surface area contributed by atoms with Gasteiger partial charge in [-0.3, -0.25) is 14.8 Å². The lowest BCUT2D eigenvalue weighted by molar-refractivity contribution is -0.168. The van der Waals surface area contributed by atoms with Crippen LogP contribution in [0.4, 0.5) is 4.39 Å². The first kappa shape index (κ1) is 21.6. The third-order valence-electron chi connectivity index (χ3n) is 5.82.